The van der Waals surface area contributed by atoms with E-state index in [0.717, 1.165) is 7.11 Å². The van der Waals surface area contributed by atoms with Gasteiger partial charge in [-0.3, -0.25) is 9.59 Å². The van der Waals surface area contributed by atoms with Gasteiger partial charge in [0.1, 0.15) is 6.04 Å². The molecular formula is C19H20Cl2N2O5S. The van der Waals surface area contributed by atoms with Crippen LogP contribution in [0.5, 0.6) is 0 Å². The average Bonchev–Trinajstić information content (AvgIpc) is 2.65. The van der Waals surface area contributed by atoms with E-state index in [-0.39, 0.29) is 33.1 Å². The summed E-state index contributed by atoms with van der Waals surface area (Å²) in [7, 11) is -3.03. The van der Waals surface area contributed by atoms with Crippen molar-refractivity contribution >= 4 is 50.8 Å². The fourth-order valence-corrected chi connectivity index (χ4v) is 4.13. The molecule has 1 amide bonds. The summed E-state index contributed by atoms with van der Waals surface area (Å²) in [6, 6.07) is 6.58. The summed E-state index contributed by atoms with van der Waals surface area (Å²) in [5, 5.41) is 3.07. The fraction of sp³-hybridized carbons (Fsp3) is 0.263. The molecule has 0 spiro atoms. The molecule has 0 saturated heterocycles. The van der Waals surface area contributed by atoms with Gasteiger partial charge in [-0.1, -0.05) is 37.0 Å². The Morgan fingerprint density at radius 1 is 1.14 bits per heavy atom. The molecule has 0 bridgehead atoms. The first kappa shape index (κ1) is 21.6. The van der Waals surface area contributed by atoms with Crippen LogP contribution in [-0.4, -0.2) is 33.4 Å². The van der Waals surface area contributed by atoms with E-state index in [1.165, 1.54) is 36.4 Å². The number of ether oxygens (including phenoxy) is 1. The molecule has 2 rings (SSSR count). The highest BCUT2D eigenvalue weighted by Crippen LogP contribution is 2.23. The Morgan fingerprint density at radius 3 is 2.38 bits per heavy atom. The summed E-state index contributed by atoms with van der Waals surface area (Å²) >= 11 is 11.8. The van der Waals surface area contributed by atoms with Crippen LogP contribution in [0.2, 0.25) is 10.0 Å². The zero-order valence-corrected chi connectivity index (χ0v) is 18.2. The molecule has 0 aromatic heterocycles. The van der Waals surface area contributed by atoms with E-state index in [9.17, 15) is 18.0 Å². The molecule has 1 atom stereocenters. The number of benzene rings is 2. The zero-order chi connectivity index (χ0) is 22.6. The van der Waals surface area contributed by atoms with Crippen LogP contribution in [0.25, 0.3) is 0 Å². The summed E-state index contributed by atoms with van der Waals surface area (Å²) in [5.74, 6) is -1.65. The predicted octanol–water partition coefficient (Wildman–Crippen LogP) is 3.72. The molecular weight excluding hydrogens is 439 g/mol. The van der Waals surface area contributed by atoms with Crippen molar-refractivity contribution in [3.05, 3.63) is 58.0 Å². The van der Waals surface area contributed by atoms with Gasteiger partial charge in [0.2, 0.25) is 10.0 Å². The number of carbonyl (C=O) groups is 2. The Balaban J connectivity index is 2.25. The molecule has 0 unspecified atom stereocenters. The van der Waals surface area contributed by atoms with Crippen molar-refractivity contribution in [1.29, 1.82) is 0 Å². The fourth-order valence-electron chi connectivity index (χ4n) is 2.34. The van der Waals surface area contributed by atoms with Crippen LogP contribution in [0.1, 0.15) is 25.6 Å². The molecule has 0 aliphatic heterocycles. The lowest BCUT2D eigenvalue weighted by Gasteiger charge is -2.19. The number of halogens is 2. The topological polar surface area (TPSA) is 102 Å². The first-order valence-corrected chi connectivity index (χ1v) is 10.7. The lowest BCUT2D eigenvalue weighted by Crippen LogP contribution is -2.44. The molecule has 10 heteroatoms. The van der Waals surface area contributed by atoms with Gasteiger partial charge in [0.15, 0.2) is 0 Å². The van der Waals surface area contributed by atoms with Crippen LogP contribution in [0, 0.1) is 5.92 Å². The lowest BCUT2D eigenvalue weighted by molar-refractivity contribution is -0.143. The minimum absolute atomic E-state index is 0.150. The van der Waals surface area contributed by atoms with Gasteiger partial charge in [-0.2, -0.15) is 4.72 Å². The van der Waals surface area contributed by atoms with Gasteiger partial charge in [-0.25, -0.2) is 8.42 Å². The number of methoxy groups -OCH3 is 1. The minimum atomic E-state index is -4.19. The van der Waals surface area contributed by atoms with Gasteiger partial charge in [0, 0.05) is 10.7 Å². The zero-order valence-electron chi connectivity index (χ0n) is 16.8. The van der Waals surface area contributed by atoms with Gasteiger partial charge in [0.05, 0.1) is 24.0 Å². The predicted molar refractivity (Wildman–Crippen MR) is 112 cm³/mol. The summed E-state index contributed by atoms with van der Waals surface area (Å²) in [6.45, 7) is 3.32. The van der Waals surface area contributed by atoms with E-state index in [1.54, 1.807) is 13.8 Å². The number of rotatable bonds is 7. The van der Waals surface area contributed by atoms with Gasteiger partial charge in [0.25, 0.3) is 5.91 Å². The highest BCUT2D eigenvalue weighted by Gasteiger charge is 2.29. The van der Waals surface area contributed by atoms with E-state index in [0.29, 0.717) is 5.02 Å². The van der Waals surface area contributed by atoms with Crippen LogP contribution in [0.4, 0.5) is 5.69 Å². The van der Waals surface area contributed by atoms with E-state index >= 15 is 0 Å². The monoisotopic (exact) mass is 459 g/mol. The van der Waals surface area contributed by atoms with Crippen LogP contribution in [-0.2, 0) is 19.6 Å². The summed E-state index contributed by atoms with van der Waals surface area (Å²) in [6.07, 6.45) is 0. The molecule has 156 valence electrons. The summed E-state index contributed by atoms with van der Waals surface area (Å²) in [5.41, 5.74) is 0.368. The Labute approximate surface area is 180 Å². The minimum Gasteiger partial charge on any atom is -0.468 e. The van der Waals surface area contributed by atoms with E-state index in [1.807, 2.05) is 0 Å². The Bertz CT molecular complexity index is 1080. The normalized spacial score (nSPS) is 13.0. The van der Waals surface area contributed by atoms with E-state index in [2.05, 4.69) is 14.8 Å². The number of hydrogen-bond donors (Lipinski definition) is 2. The van der Waals surface area contributed by atoms with Crippen molar-refractivity contribution in [3.8, 4) is 0 Å². The summed E-state index contributed by atoms with van der Waals surface area (Å²) in [4.78, 5) is 23.9. The molecule has 0 aliphatic rings. The van der Waals surface area contributed by atoms with Crippen molar-refractivity contribution in [3.63, 3.8) is 0 Å². The molecule has 7 nitrogen and oxygen atoms in total. The van der Waals surface area contributed by atoms with E-state index in [4.69, 9.17) is 24.6 Å². The molecule has 2 N–H and O–H groups in total. The quantitative estimate of drug-likeness (QED) is 0.614. The third-order valence-corrected chi connectivity index (χ3v) is 5.86. The van der Waals surface area contributed by atoms with Crippen molar-refractivity contribution in [2.75, 3.05) is 12.4 Å². The van der Waals surface area contributed by atoms with Crippen LogP contribution in [0.15, 0.2) is 47.3 Å². The third kappa shape index (κ3) is 5.93. The van der Waals surface area contributed by atoms with Gasteiger partial charge < -0.3 is 10.1 Å². The largest absolute Gasteiger partial charge is 0.468 e. The number of carbonyl (C=O) groups excluding carboxylic acids is 2. The first-order chi connectivity index (χ1) is 14.0. The average molecular weight is 460 g/mol. The number of amides is 1. The van der Waals surface area contributed by atoms with Gasteiger partial charge in [-0.05, 0) is 48.4 Å². The van der Waals surface area contributed by atoms with Crippen LogP contribution in [0.3, 0.4) is 0 Å². The van der Waals surface area contributed by atoms with Crippen LogP contribution < -0.4 is 10.0 Å². The molecule has 2 aromatic carbocycles. The third-order valence-electron chi connectivity index (χ3n) is 3.91. The number of hydrogen-bond acceptors (Lipinski definition) is 5. The Morgan fingerprint density at radius 2 is 1.83 bits per heavy atom. The van der Waals surface area contributed by atoms with Gasteiger partial charge >= 0.3 is 5.97 Å². The van der Waals surface area contributed by atoms with Crippen LogP contribution >= 0.6 is 23.2 Å². The smallest absolute Gasteiger partial charge is 0.324 e. The maximum atomic E-state index is 12.7. The molecule has 29 heavy (non-hydrogen) atoms. The maximum absolute atomic E-state index is 12.7. The van der Waals surface area contributed by atoms with Crippen molar-refractivity contribution in [1.82, 2.24) is 4.72 Å². The highest BCUT2D eigenvalue weighted by atomic mass is 35.5. The second kappa shape index (κ2) is 9.58. The van der Waals surface area contributed by atoms with Crippen molar-refractivity contribution in [2.24, 2.45) is 5.92 Å². The SMILES string of the molecule is [2H]c1cc(NC(=O)c2ccc(Cl)cc2Cl)ccc1S(=O)(=O)N[C@H](C(=O)OC)C(C)C. The number of esters is 1. The molecule has 0 saturated carbocycles. The first-order valence-electron chi connectivity index (χ1n) is 8.93. The molecule has 0 heterocycles. The molecule has 0 fully saturated rings. The molecule has 0 aliphatic carbocycles. The number of sulfonamides is 1. The second-order valence-corrected chi connectivity index (χ2v) is 8.91. The highest BCUT2D eigenvalue weighted by molar-refractivity contribution is 7.89. The van der Waals surface area contributed by atoms with Crippen molar-refractivity contribution < 1.29 is 24.1 Å². The second-order valence-electron chi connectivity index (χ2n) is 6.39. The Hall–Kier alpha value is -2.13. The molecule has 0 radical (unpaired) electrons. The molecule has 2 aromatic rings. The van der Waals surface area contributed by atoms with Gasteiger partial charge in [-0.15, -0.1) is 0 Å². The maximum Gasteiger partial charge on any atom is 0.324 e. The summed E-state index contributed by atoms with van der Waals surface area (Å²) < 4.78 is 40.3. The van der Waals surface area contributed by atoms with E-state index < -0.39 is 27.9 Å². The number of anilines is 1. The number of nitrogens with one attached hydrogen (secondary N) is 2. The lowest BCUT2D eigenvalue weighted by atomic mass is 10.1. The standard InChI is InChI=1S/C19H20Cl2N2O5S/c1-11(2)17(19(25)28-3)23-29(26,27)14-7-5-13(6-8-14)22-18(24)15-9-4-12(20)10-16(15)21/h4-11,17,23H,1-3H3,(H,22,24)/t17-/m0/s1/i7D. The van der Waals surface area contributed by atoms with Crippen molar-refractivity contribution in [2.45, 2.75) is 24.8 Å². The Kier molecular flexibility index (Phi) is 7.13.